The van der Waals surface area contributed by atoms with E-state index in [0.717, 1.165) is 17.3 Å². The molecule has 0 aliphatic carbocycles. The zero-order valence-corrected chi connectivity index (χ0v) is 16.5. The number of benzene rings is 1. The van der Waals surface area contributed by atoms with Gasteiger partial charge in [0.1, 0.15) is 16.5 Å². The smallest absolute Gasteiger partial charge is 0.404 e. The number of aromatic nitrogens is 3. The van der Waals surface area contributed by atoms with Gasteiger partial charge in [0.15, 0.2) is 11.4 Å². The zero-order chi connectivity index (χ0) is 20.5. The van der Waals surface area contributed by atoms with E-state index in [2.05, 4.69) is 14.2 Å². The van der Waals surface area contributed by atoms with Gasteiger partial charge in [0.05, 0.1) is 5.39 Å². The Hall–Kier alpha value is -2.42. The molecule has 0 radical (unpaired) electrons. The molecule has 3 rings (SSSR count). The van der Waals surface area contributed by atoms with E-state index in [9.17, 15) is 26.4 Å². The van der Waals surface area contributed by atoms with E-state index in [1.165, 1.54) is 22.6 Å². The highest BCUT2D eigenvalue weighted by Crippen LogP contribution is 2.32. The van der Waals surface area contributed by atoms with Crippen LogP contribution in [0.2, 0.25) is 0 Å². The van der Waals surface area contributed by atoms with Gasteiger partial charge in [-0.3, -0.25) is 4.79 Å². The topological polar surface area (TPSA) is 100 Å². The number of alkyl halides is 3. The van der Waals surface area contributed by atoms with Crippen molar-refractivity contribution in [2.24, 2.45) is 0 Å². The predicted octanol–water partition coefficient (Wildman–Crippen LogP) is 2.25. The van der Waals surface area contributed by atoms with Gasteiger partial charge >= 0.3 is 21.2 Å². The van der Waals surface area contributed by atoms with Gasteiger partial charge in [-0.05, 0) is 28.2 Å². The highest BCUT2D eigenvalue weighted by molar-refractivity contribution is 14.1. The fourth-order valence-electron chi connectivity index (χ4n) is 2.12. The minimum atomic E-state index is -6.00. The Labute approximate surface area is 169 Å². The van der Waals surface area contributed by atoms with Gasteiger partial charge in [0.25, 0.3) is 0 Å². The molecule has 0 aliphatic heterocycles. The zero-order valence-electron chi connectivity index (χ0n) is 13.6. The minimum absolute atomic E-state index is 0.0447. The maximum Gasteiger partial charge on any atom is 0.534 e. The summed E-state index contributed by atoms with van der Waals surface area (Å²) < 4.78 is 65.3. The molecule has 148 valence electrons. The maximum absolute atomic E-state index is 12.7. The van der Waals surface area contributed by atoms with Crippen molar-refractivity contribution in [1.29, 1.82) is 0 Å². The number of pyridine rings is 1. The van der Waals surface area contributed by atoms with Gasteiger partial charge in [0, 0.05) is 6.20 Å². The Morgan fingerprint density at radius 3 is 2.50 bits per heavy atom. The second kappa shape index (κ2) is 7.54. The van der Waals surface area contributed by atoms with Crippen molar-refractivity contribution in [2.75, 3.05) is 0 Å². The summed E-state index contributed by atoms with van der Waals surface area (Å²) in [6.45, 7) is -0.0447. The Kier molecular flexibility index (Phi) is 5.47. The Morgan fingerprint density at radius 2 is 1.86 bits per heavy atom. The van der Waals surface area contributed by atoms with Crippen LogP contribution in [-0.2, 0) is 16.7 Å². The molecule has 8 nitrogen and oxygen atoms in total. The van der Waals surface area contributed by atoms with Crippen LogP contribution in [0.3, 0.4) is 0 Å². The van der Waals surface area contributed by atoms with E-state index >= 15 is 0 Å². The molecule has 28 heavy (non-hydrogen) atoms. The maximum atomic E-state index is 12.7. The van der Waals surface area contributed by atoms with Crippen LogP contribution in [0.1, 0.15) is 5.56 Å². The highest BCUT2D eigenvalue weighted by atomic mass is 127. The van der Waals surface area contributed by atoms with Crippen molar-refractivity contribution < 1.29 is 30.6 Å². The normalized spacial score (nSPS) is 12.1. The van der Waals surface area contributed by atoms with E-state index in [1.54, 1.807) is 30.3 Å². The molecule has 0 bridgehead atoms. The summed E-state index contributed by atoms with van der Waals surface area (Å²) in [5.74, 6) is -0.821. The first-order valence-corrected chi connectivity index (χ1v) is 9.82. The molecule has 3 aromatic rings. The molecular weight excluding hydrogens is 518 g/mol. The lowest BCUT2D eigenvalue weighted by molar-refractivity contribution is -0.0500. The molecule has 0 aliphatic rings. The van der Waals surface area contributed by atoms with E-state index < -0.39 is 30.5 Å². The molecule has 0 saturated heterocycles. The largest absolute Gasteiger partial charge is 0.534 e. The highest BCUT2D eigenvalue weighted by Gasteiger charge is 2.49. The average molecular weight is 527 g/mol. The number of nitrogens with zero attached hydrogens (tertiary/aromatic N) is 3. The SMILES string of the molecule is O=c1c(I)c(OS(=O)(=O)C(F)(F)F)c2cncnc2n1OCc1ccccc1. The number of halogens is 4. The van der Waals surface area contributed by atoms with Gasteiger partial charge in [-0.15, -0.1) is 4.73 Å². The molecule has 13 heteroatoms. The quantitative estimate of drug-likeness (QED) is 0.285. The number of rotatable bonds is 5. The first kappa shape index (κ1) is 20.3. The second-order valence-electron chi connectivity index (χ2n) is 5.24. The van der Waals surface area contributed by atoms with Crippen LogP contribution < -0.4 is 14.6 Å². The van der Waals surface area contributed by atoms with Crippen LogP contribution >= 0.6 is 22.6 Å². The Bertz CT molecular complexity index is 1180. The molecule has 0 fully saturated rings. The van der Waals surface area contributed by atoms with Gasteiger partial charge in [-0.2, -0.15) is 21.6 Å². The third kappa shape index (κ3) is 3.89. The van der Waals surface area contributed by atoms with Crippen LogP contribution in [-0.4, -0.2) is 28.6 Å². The monoisotopic (exact) mass is 527 g/mol. The fourth-order valence-corrected chi connectivity index (χ4v) is 3.37. The molecule has 0 atom stereocenters. The summed E-state index contributed by atoms with van der Waals surface area (Å²) in [6.07, 6.45) is 2.05. The summed E-state index contributed by atoms with van der Waals surface area (Å²) in [7, 11) is -6.00. The average Bonchev–Trinajstić information content (AvgIpc) is 2.65. The van der Waals surface area contributed by atoms with Crippen molar-refractivity contribution in [3.05, 3.63) is 62.3 Å². The third-order valence-corrected chi connectivity index (χ3v) is 5.28. The molecule has 0 amide bonds. The van der Waals surface area contributed by atoms with Crippen LogP contribution in [0.4, 0.5) is 13.2 Å². The predicted molar refractivity (Wildman–Crippen MR) is 98.8 cm³/mol. The van der Waals surface area contributed by atoms with Crippen LogP contribution in [0.5, 0.6) is 5.75 Å². The summed E-state index contributed by atoms with van der Waals surface area (Å²) >= 11 is 1.38. The first-order chi connectivity index (χ1) is 13.1. The van der Waals surface area contributed by atoms with Crippen molar-refractivity contribution >= 4 is 43.7 Å². The molecule has 2 heterocycles. The fraction of sp³-hybridized carbons (Fsp3) is 0.133. The first-order valence-electron chi connectivity index (χ1n) is 7.34. The van der Waals surface area contributed by atoms with E-state index in [4.69, 9.17) is 4.84 Å². The number of fused-ring (bicyclic) bond motifs is 1. The Balaban J connectivity index is 2.12. The van der Waals surface area contributed by atoms with Gasteiger partial charge in [-0.25, -0.2) is 9.97 Å². The third-order valence-electron chi connectivity index (χ3n) is 3.38. The molecule has 1 aromatic carbocycles. The standard InChI is InChI=1S/C15H9F3IN3O5S/c16-15(17,18)28(24,25)27-12-10-6-20-8-21-13(10)22(14(23)11(12)19)26-7-9-4-2-1-3-5-9/h1-6,8H,7H2. The molecule has 0 spiro atoms. The number of hydrogen-bond acceptors (Lipinski definition) is 7. The molecule has 0 unspecified atom stereocenters. The van der Waals surface area contributed by atoms with Crippen LogP contribution in [0.15, 0.2) is 47.7 Å². The molecule has 0 saturated carbocycles. The summed E-state index contributed by atoms with van der Waals surface area (Å²) in [6, 6.07) is 8.77. The van der Waals surface area contributed by atoms with E-state index in [1.807, 2.05) is 0 Å². The molecule has 0 N–H and O–H groups in total. The Morgan fingerprint density at radius 1 is 1.18 bits per heavy atom. The van der Waals surface area contributed by atoms with Crippen molar-refractivity contribution in [1.82, 2.24) is 14.7 Å². The molecular formula is C15H9F3IN3O5S. The van der Waals surface area contributed by atoms with Gasteiger partial charge in [-0.1, -0.05) is 30.3 Å². The van der Waals surface area contributed by atoms with Crippen LogP contribution in [0.25, 0.3) is 11.0 Å². The van der Waals surface area contributed by atoms with Crippen molar-refractivity contribution in [3.63, 3.8) is 0 Å². The number of hydrogen-bond donors (Lipinski definition) is 0. The van der Waals surface area contributed by atoms with E-state index in [-0.39, 0.29) is 17.6 Å². The lowest BCUT2D eigenvalue weighted by Crippen LogP contribution is -2.33. The van der Waals surface area contributed by atoms with Crippen molar-refractivity contribution in [3.8, 4) is 5.75 Å². The lowest BCUT2D eigenvalue weighted by atomic mass is 10.2. The summed E-state index contributed by atoms with van der Waals surface area (Å²) in [4.78, 5) is 25.5. The van der Waals surface area contributed by atoms with Crippen LogP contribution in [0, 0.1) is 3.57 Å². The second-order valence-corrected chi connectivity index (χ2v) is 7.86. The van der Waals surface area contributed by atoms with E-state index in [0.29, 0.717) is 5.56 Å². The summed E-state index contributed by atoms with van der Waals surface area (Å²) in [5, 5.41) is -0.243. The molecule has 2 aromatic heterocycles. The lowest BCUT2D eigenvalue weighted by Gasteiger charge is -2.15. The van der Waals surface area contributed by atoms with Gasteiger partial charge in [0.2, 0.25) is 0 Å². The summed E-state index contributed by atoms with van der Waals surface area (Å²) in [5.41, 5.74) is -6.14. The minimum Gasteiger partial charge on any atom is -0.404 e. The van der Waals surface area contributed by atoms with Gasteiger partial charge < -0.3 is 9.02 Å². The van der Waals surface area contributed by atoms with Crippen molar-refractivity contribution in [2.45, 2.75) is 12.1 Å².